The second kappa shape index (κ2) is 4.31. The number of nitrogens with zero attached hydrogens (tertiary/aromatic N) is 2. The summed E-state index contributed by atoms with van der Waals surface area (Å²) in [5, 5.41) is 11.5. The first kappa shape index (κ1) is 8.49. The SMILES string of the molecule is C/C(CN1CCOCC1)=N\O. The summed E-state index contributed by atoms with van der Waals surface area (Å²) < 4.78 is 5.17. The molecule has 4 heteroatoms. The lowest BCUT2D eigenvalue weighted by molar-refractivity contribution is 0.0449. The minimum Gasteiger partial charge on any atom is -0.411 e. The van der Waals surface area contributed by atoms with Gasteiger partial charge in [0.2, 0.25) is 0 Å². The lowest BCUT2D eigenvalue weighted by Crippen LogP contribution is -2.39. The molecule has 0 unspecified atom stereocenters. The standard InChI is InChI=1S/C7H14N2O2/c1-7(8-10)6-9-2-4-11-5-3-9/h10H,2-6H2,1H3/b8-7+. The molecule has 4 nitrogen and oxygen atoms in total. The Morgan fingerprint density at radius 2 is 2.18 bits per heavy atom. The van der Waals surface area contributed by atoms with Crippen molar-refractivity contribution < 1.29 is 9.94 Å². The van der Waals surface area contributed by atoms with E-state index in [1.54, 1.807) is 0 Å². The summed E-state index contributed by atoms with van der Waals surface area (Å²) in [4.78, 5) is 2.21. The predicted molar refractivity (Wildman–Crippen MR) is 42.2 cm³/mol. The van der Waals surface area contributed by atoms with Crippen molar-refractivity contribution in [1.29, 1.82) is 0 Å². The third kappa shape index (κ3) is 2.86. The van der Waals surface area contributed by atoms with E-state index in [-0.39, 0.29) is 0 Å². The molecule has 64 valence electrons. The summed E-state index contributed by atoms with van der Waals surface area (Å²) in [5.74, 6) is 0. The van der Waals surface area contributed by atoms with Gasteiger partial charge in [0, 0.05) is 19.6 Å². The molecule has 0 aliphatic carbocycles. The molecule has 0 amide bonds. The fraction of sp³-hybridized carbons (Fsp3) is 0.857. The Hall–Kier alpha value is -0.610. The average molecular weight is 158 g/mol. The summed E-state index contributed by atoms with van der Waals surface area (Å²) in [7, 11) is 0. The molecule has 0 bridgehead atoms. The normalized spacial score (nSPS) is 22.1. The van der Waals surface area contributed by atoms with E-state index in [0.717, 1.165) is 38.6 Å². The number of morpholine rings is 1. The van der Waals surface area contributed by atoms with Crippen molar-refractivity contribution in [3.05, 3.63) is 0 Å². The van der Waals surface area contributed by atoms with Crippen molar-refractivity contribution in [2.75, 3.05) is 32.8 Å². The number of hydrogen-bond acceptors (Lipinski definition) is 4. The van der Waals surface area contributed by atoms with E-state index in [0.29, 0.717) is 0 Å². The molecule has 0 aromatic carbocycles. The van der Waals surface area contributed by atoms with Crippen molar-refractivity contribution >= 4 is 5.71 Å². The summed E-state index contributed by atoms with van der Waals surface area (Å²) in [6.45, 7) is 6.02. The Balaban J connectivity index is 2.24. The number of oxime groups is 1. The lowest BCUT2D eigenvalue weighted by atomic mass is 10.3. The van der Waals surface area contributed by atoms with Gasteiger partial charge in [-0.25, -0.2) is 0 Å². The van der Waals surface area contributed by atoms with E-state index in [1.807, 2.05) is 6.92 Å². The number of rotatable bonds is 2. The minimum absolute atomic E-state index is 0.750. The van der Waals surface area contributed by atoms with Gasteiger partial charge in [0.1, 0.15) is 0 Å². The van der Waals surface area contributed by atoms with Gasteiger partial charge in [-0.05, 0) is 6.92 Å². The van der Waals surface area contributed by atoms with Crippen LogP contribution in [-0.4, -0.2) is 48.7 Å². The largest absolute Gasteiger partial charge is 0.411 e. The fourth-order valence-corrected chi connectivity index (χ4v) is 1.11. The first-order valence-electron chi connectivity index (χ1n) is 3.80. The molecule has 1 saturated heterocycles. The minimum atomic E-state index is 0.750. The molecular weight excluding hydrogens is 144 g/mol. The molecule has 1 N–H and O–H groups in total. The zero-order valence-electron chi connectivity index (χ0n) is 6.79. The van der Waals surface area contributed by atoms with Crippen LogP contribution >= 0.6 is 0 Å². The number of hydrogen-bond donors (Lipinski definition) is 1. The van der Waals surface area contributed by atoms with Crippen LogP contribution in [0.25, 0.3) is 0 Å². The molecule has 0 atom stereocenters. The van der Waals surface area contributed by atoms with E-state index in [4.69, 9.17) is 9.94 Å². The topological polar surface area (TPSA) is 45.1 Å². The van der Waals surface area contributed by atoms with Gasteiger partial charge in [-0.3, -0.25) is 4.90 Å². The molecule has 1 fully saturated rings. The van der Waals surface area contributed by atoms with Crippen molar-refractivity contribution in [3.63, 3.8) is 0 Å². The van der Waals surface area contributed by atoms with Gasteiger partial charge in [0.15, 0.2) is 0 Å². The highest BCUT2D eigenvalue weighted by atomic mass is 16.5. The Morgan fingerprint density at radius 1 is 1.55 bits per heavy atom. The predicted octanol–water partition coefficient (Wildman–Crippen LogP) is 0.169. The first-order valence-corrected chi connectivity index (χ1v) is 3.80. The van der Waals surface area contributed by atoms with Crippen molar-refractivity contribution in [2.24, 2.45) is 5.16 Å². The second-order valence-electron chi connectivity index (χ2n) is 2.72. The fourth-order valence-electron chi connectivity index (χ4n) is 1.11. The van der Waals surface area contributed by atoms with Crippen LogP contribution in [-0.2, 0) is 4.74 Å². The lowest BCUT2D eigenvalue weighted by Gasteiger charge is -2.25. The average Bonchev–Trinajstić information content (AvgIpc) is 2.06. The van der Waals surface area contributed by atoms with E-state index < -0.39 is 0 Å². The van der Waals surface area contributed by atoms with Crippen LogP contribution in [0.15, 0.2) is 5.16 Å². The molecule has 1 aliphatic rings. The Bertz CT molecular complexity index is 141. The first-order chi connectivity index (χ1) is 5.33. The molecular formula is C7H14N2O2. The van der Waals surface area contributed by atoms with E-state index in [2.05, 4.69) is 10.1 Å². The molecule has 0 aromatic rings. The molecule has 1 rings (SSSR count). The van der Waals surface area contributed by atoms with Crippen LogP contribution < -0.4 is 0 Å². The summed E-state index contributed by atoms with van der Waals surface area (Å²) >= 11 is 0. The maximum atomic E-state index is 8.40. The highest BCUT2D eigenvalue weighted by Gasteiger charge is 2.10. The zero-order valence-corrected chi connectivity index (χ0v) is 6.79. The molecule has 1 heterocycles. The van der Waals surface area contributed by atoms with Gasteiger partial charge < -0.3 is 9.94 Å². The molecule has 0 aromatic heterocycles. The van der Waals surface area contributed by atoms with Crippen LogP contribution in [0.4, 0.5) is 0 Å². The molecule has 0 saturated carbocycles. The quantitative estimate of drug-likeness (QED) is 0.354. The molecule has 1 aliphatic heterocycles. The van der Waals surface area contributed by atoms with Gasteiger partial charge >= 0.3 is 0 Å². The summed E-state index contributed by atoms with van der Waals surface area (Å²) in [5.41, 5.74) is 0.756. The maximum Gasteiger partial charge on any atom is 0.0679 e. The van der Waals surface area contributed by atoms with Gasteiger partial charge in [-0.2, -0.15) is 0 Å². The summed E-state index contributed by atoms with van der Waals surface area (Å²) in [6, 6.07) is 0. The van der Waals surface area contributed by atoms with E-state index in [9.17, 15) is 0 Å². The van der Waals surface area contributed by atoms with E-state index in [1.165, 1.54) is 0 Å². The van der Waals surface area contributed by atoms with Gasteiger partial charge in [-0.1, -0.05) is 5.16 Å². The van der Waals surface area contributed by atoms with Crippen LogP contribution in [0, 0.1) is 0 Å². The van der Waals surface area contributed by atoms with Crippen LogP contribution in [0.3, 0.4) is 0 Å². The second-order valence-corrected chi connectivity index (χ2v) is 2.72. The summed E-state index contributed by atoms with van der Waals surface area (Å²) in [6.07, 6.45) is 0. The van der Waals surface area contributed by atoms with Crippen molar-refractivity contribution in [1.82, 2.24) is 4.90 Å². The molecule has 11 heavy (non-hydrogen) atoms. The van der Waals surface area contributed by atoms with Crippen molar-refractivity contribution in [3.8, 4) is 0 Å². The maximum absolute atomic E-state index is 8.40. The van der Waals surface area contributed by atoms with Crippen molar-refractivity contribution in [2.45, 2.75) is 6.92 Å². The van der Waals surface area contributed by atoms with Crippen LogP contribution in [0.5, 0.6) is 0 Å². The molecule has 0 radical (unpaired) electrons. The van der Waals surface area contributed by atoms with Gasteiger partial charge in [-0.15, -0.1) is 0 Å². The zero-order chi connectivity index (χ0) is 8.10. The number of ether oxygens (including phenoxy) is 1. The van der Waals surface area contributed by atoms with E-state index >= 15 is 0 Å². The Kier molecular flexibility index (Phi) is 3.32. The smallest absolute Gasteiger partial charge is 0.0679 e. The monoisotopic (exact) mass is 158 g/mol. The Labute approximate surface area is 66.4 Å². The van der Waals surface area contributed by atoms with Crippen LogP contribution in [0.1, 0.15) is 6.92 Å². The Morgan fingerprint density at radius 3 is 2.73 bits per heavy atom. The molecule has 0 spiro atoms. The highest BCUT2D eigenvalue weighted by Crippen LogP contribution is 1.96. The van der Waals surface area contributed by atoms with Gasteiger partial charge in [0.25, 0.3) is 0 Å². The van der Waals surface area contributed by atoms with Crippen LogP contribution in [0.2, 0.25) is 0 Å². The highest BCUT2D eigenvalue weighted by molar-refractivity contribution is 5.83. The third-order valence-electron chi connectivity index (χ3n) is 1.73. The third-order valence-corrected chi connectivity index (χ3v) is 1.73. The van der Waals surface area contributed by atoms with Gasteiger partial charge in [0.05, 0.1) is 18.9 Å².